The van der Waals surface area contributed by atoms with Gasteiger partial charge < -0.3 is 10.3 Å². The number of aromatic amines is 1. The lowest BCUT2D eigenvalue weighted by Gasteiger charge is -2.01. The Hall–Kier alpha value is -2.89. The highest BCUT2D eigenvalue weighted by Crippen LogP contribution is 2.21. The number of urea groups is 1. The number of fused-ring (bicyclic) bond motifs is 1. The van der Waals surface area contributed by atoms with Crippen LogP contribution in [0.5, 0.6) is 0 Å². The highest BCUT2D eigenvalue weighted by molar-refractivity contribution is 5.90. The number of imidazole rings is 1. The van der Waals surface area contributed by atoms with E-state index >= 15 is 0 Å². The number of nitrogens with one attached hydrogen (secondary N) is 3. The number of benzene rings is 1. The molecular formula is C16H19N5O. The molecule has 0 unspecified atom stereocenters. The number of hydrogen-bond donors (Lipinski definition) is 3. The van der Waals surface area contributed by atoms with Crippen LogP contribution in [0.25, 0.3) is 16.6 Å². The summed E-state index contributed by atoms with van der Waals surface area (Å²) in [5, 5.41) is 5.31. The van der Waals surface area contributed by atoms with E-state index in [1.54, 1.807) is 18.5 Å². The second kappa shape index (κ2) is 7.21. The summed E-state index contributed by atoms with van der Waals surface area (Å²) in [5.41, 5.74) is 3.69. The van der Waals surface area contributed by atoms with E-state index in [0.29, 0.717) is 12.5 Å². The summed E-state index contributed by atoms with van der Waals surface area (Å²) >= 11 is 0. The molecule has 2 amide bonds. The van der Waals surface area contributed by atoms with Gasteiger partial charge in [-0.2, -0.15) is 0 Å². The third-order valence-corrected chi connectivity index (χ3v) is 2.97. The van der Waals surface area contributed by atoms with Crippen molar-refractivity contribution in [2.45, 2.75) is 13.8 Å². The fourth-order valence-electron chi connectivity index (χ4n) is 1.92. The van der Waals surface area contributed by atoms with Crippen molar-refractivity contribution < 1.29 is 4.79 Å². The molecule has 0 aliphatic rings. The maximum absolute atomic E-state index is 11.5. The smallest absolute Gasteiger partial charge is 0.321 e. The third-order valence-electron chi connectivity index (χ3n) is 2.97. The molecule has 0 fully saturated rings. The summed E-state index contributed by atoms with van der Waals surface area (Å²) in [6.45, 7) is 7.97. The van der Waals surface area contributed by atoms with Crippen LogP contribution in [0, 0.1) is 0 Å². The maximum atomic E-state index is 11.5. The minimum atomic E-state index is -0.281. The molecule has 1 aromatic carbocycles. The summed E-state index contributed by atoms with van der Waals surface area (Å²) in [6, 6.07) is 5.56. The number of aromatic nitrogens is 2. The van der Waals surface area contributed by atoms with Gasteiger partial charge >= 0.3 is 6.03 Å². The number of nitrogens with zero attached hydrogens (tertiary/aromatic N) is 2. The molecular weight excluding hydrogens is 278 g/mol. The second-order valence-corrected chi connectivity index (χ2v) is 4.65. The first-order chi connectivity index (χ1) is 10.6. The lowest BCUT2D eigenvalue weighted by Crippen LogP contribution is -2.28. The lowest BCUT2D eigenvalue weighted by molar-refractivity contribution is 0.252. The highest BCUT2D eigenvalue weighted by atomic mass is 16.2. The second-order valence-electron chi connectivity index (χ2n) is 4.65. The Kier molecular flexibility index (Phi) is 5.08. The van der Waals surface area contributed by atoms with E-state index in [1.165, 1.54) is 0 Å². The standard InChI is InChI=1S/C16H19N5O/c1-4-8-17-10-11(3)12-6-7-13-14(9-12)20-15(19-13)21-16(22)18-5-2/h4,6-10H,1,5H2,2-3H3,(H3,18,19,20,21,22)/b11-10+,17-8?. The molecule has 0 aliphatic carbocycles. The predicted octanol–water partition coefficient (Wildman–Crippen LogP) is 3.32. The number of allylic oxidation sites excluding steroid dienone is 2. The molecule has 0 bridgehead atoms. The van der Waals surface area contributed by atoms with Gasteiger partial charge in [-0.3, -0.25) is 10.3 Å². The first-order valence-electron chi connectivity index (χ1n) is 7.00. The van der Waals surface area contributed by atoms with Gasteiger partial charge in [0, 0.05) is 19.0 Å². The van der Waals surface area contributed by atoms with Crippen LogP contribution in [-0.4, -0.2) is 28.8 Å². The Balaban J connectivity index is 2.23. The van der Waals surface area contributed by atoms with Gasteiger partial charge in [-0.15, -0.1) is 0 Å². The van der Waals surface area contributed by atoms with Crippen molar-refractivity contribution in [2.24, 2.45) is 4.99 Å². The van der Waals surface area contributed by atoms with E-state index in [-0.39, 0.29) is 6.03 Å². The van der Waals surface area contributed by atoms with Gasteiger partial charge in [-0.05, 0) is 37.1 Å². The molecule has 3 N–H and O–H groups in total. The summed E-state index contributed by atoms with van der Waals surface area (Å²) in [6.07, 6.45) is 5.03. The Morgan fingerprint density at radius 1 is 1.50 bits per heavy atom. The Bertz CT molecular complexity index is 742. The molecule has 114 valence electrons. The van der Waals surface area contributed by atoms with Crippen LogP contribution in [0.4, 0.5) is 10.7 Å². The normalized spacial score (nSPS) is 11.8. The molecule has 0 saturated heterocycles. The maximum Gasteiger partial charge on any atom is 0.321 e. The van der Waals surface area contributed by atoms with Gasteiger partial charge in [0.05, 0.1) is 11.0 Å². The molecule has 2 rings (SSSR count). The van der Waals surface area contributed by atoms with Crippen LogP contribution in [0.2, 0.25) is 0 Å². The number of rotatable bonds is 5. The van der Waals surface area contributed by atoms with Crippen molar-refractivity contribution in [3.63, 3.8) is 0 Å². The van der Waals surface area contributed by atoms with Gasteiger partial charge in [0.25, 0.3) is 0 Å². The largest absolute Gasteiger partial charge is 0.338 e. The van der Waals surface area contributed by atoms with Crippen molar-refractivity contribution in [3.8, 4) is 0 Å². The van der Waals surface area contributed by atoms with Gasteiger partial charge in [0.2, 0.25) is 5.95 Å². The summed E-state index contributed by atoms with van der Waals surface area (Å²) in [7, 11) is 0. The van der Waals surface area contributed by atoms with Crippen LogP contribution in [-0.2, 0) is 0 Å². The minimum Gasteiger partial charge on any atom is -0.338 e. The zero-order valence-corrected chi connectivity index (χ0v) is 12.7. The fourth-order valence-corrected chi connectivity index (χ4v) is 1.92. The SMILES string of the molecule is C=CC=N/C=C(\C)c1ccc2nc(NC(=O)NCC)[nH]c2c1. The summed E-state index contributed by atoms with van der Waals surface area (Å²) < 4.78 is 0. The number of anilines is 1. The number of carbonyl (C=O) groups excluding carboxylic acids is 1. The van der Waals surface area contributed by atoms with Gasteiger partial charge in [-0.1, -0.05) is 18.7 Å². The van der Waals surface area contributed by atoms with E-state index in [1.807, 2.05) is 32.0 Å². The molecule has 0 radical (unpaired) electrons. The molecule has 22 heavy (non-hydrogen) atoms. The topological polar surface area (TPSA) is 82.2 Å². The van der Waals surface area contributed by atoms with E-state index in [0.717, 1.165) is 22.2 Å². The van der Waals surface area contributed by atoms with Crippen LogP contribution in [0.1, 0.15) is 19.4 Å². The number of amides is 2. The molecule has 1 heterocycles. The minimum absolute atomic E-state index is 0.281. The summed E-state index contributed by atoms with van der Waals surface area (Å²) in [4.78, 5) is 23.0. The molecule has 0 atom stereocenters. The van der Waals surface area contributed by atoms with Crippen LogP contribution in [0.3, 0.4) is 0 Å². The van der Waals surface area contributed by atoms with Gasteiger partial charge in [0.15, 0.2) is 0 Å². The predicted molar refractivity (Wildman–Crippen MR) is 91.1 cm³/mol. The number of aliphatic imine (C=N–C) groups is 1. The Labute approximate surface area is 129 Å². The average Bonchev–Trinajstić information content (AvgIpc) is 2.88. The van der Waals surface area contributed by atoms with Crippen LogP contribution < -0.4 is 10.6 Å². The monoisotopic (exact) mass is 297 g/mol. The molecule has 6 nitrogen and oxygen atoms in total. The van der Waals surface area contributed by atoms with Crippen LogP contribution in [0.15, 0.2) is 42.0 Å². The average molecular weight is 297 g/mol. The van der Waals surface area contributed by atoms with E-state index < -0.39 is 0 Å². The molecule has 0 saturated carbocycles. The summed E-state index contributed by atoms with van der Waals surface area (Å²) in [5.74, 6) is 0.421. The Morgan fingerprint density at radius 3 is 3.05 bits per heavy atom. The lowest BCUT2D eigenvalue weighted by atomic mass is 10.1. The third kappa shape index (κ3) is 3.82. The van der Waals surface area contributed by atoms with Crippen molar-refractivity contribution in [1.82, 2.24) is 15.3 Å². The zero-order valence-electron chi connectivity index (χ0n) is 12.7. The Morgan fingerprint density at radius 2 is 2.32 bits per heavy atom. The van der Waals surface area contributed by atoms with Gasteiger partial charge in [-0.25, -0.2) is 9.78 Å². The van der Waals surface area contributed by atoms with Crippen molar-refractivity contribution >= 4 is 34.8 Å². The van der Waals surface area contributed by atoms with Crippen molar-refractivity contribution in [1.29, 1.82) is 0 Å². The molecule has 0 aliphatic heterocycles. The quantitative estimate of drug-likeness (QED) is 0.740. The van der Waals surface area contributed by atoms with E-state index in [9.17, 15) is 4.79 Å². The number of H-pyrrole nitrogens is 1. The van der Waals surface area contributed by atoms with Gasteiger partial charge in [0.1, 0.15) is 0 Å². The molecule has 2 aromatic rings. The van der Waals surface area contributed by atoms with Crippen molar-refractivity contribution in [3.05, 3.63) is 42.6 Å². The number of carbonyl (C=O) groups is 1. The molecule has 0 spiro atoms. The molecule has 1 aromatic heterocycles. The fraction of sp³-hybridized carbons (Fsp3) is 0.188. The first kappa shape index (κ1) is 15.5. The first-order valence-corrected chi connectivity index (χ1v) is 7.00. The molecule has 6 heteroatoms. The van der Waals surface area contributed by atoms with E-state index in [4.69, 9.17) is 0 Å². The zero-order chi connectivity index (χ0) is 15.9. The number of hydrogen-bond acceptors (Lipinski definition) is 3. The van der Waals surface area contributed by atoms with Crippen LogP contribution >= 0.6 is 0 Å². The highest BCUT2D eigenvalue weighted by Gasteiger charge is 2.07. The van der Waals surface area contributed by atoms with E-state index in [2.05, 4.69) is 32.2 Å². The van der Waals surface area contributed by atoms with Crippen molar-refractivity contribution in [2.75, 3.05) is 11.9 Å².